The molecular formula is C12H15FN2O. The minimum atomic E-state index is -0.310. The monoisotopic (exact) mass is 222 g/mol. The summed E-state index contributed by atoms with van der Waals surface area (Å²) in [4.78, 5) is 13.7. The van der Waals surface area contributed by atoms with E-state index in [4.69, 9.17) is 5.73 Å². The quantitative estimate of drug-likeness (QED) is 0.789. The first-order chi connectivity index (χ1) is 7.72. The molecule has 0 radical (unpaired) electrons. The van der Waals surface area contributed by atoms with E-state index in [1.165, 1.54) is 18.2 Å². The molecule has 1 aliphatic heterocycles. The normalized spacial score (nSPS) is 15.5. The van der Waals surface area contributed by atoms with E-state index in [1.807, 2.05) is 4.90 Å². The number of hydrogen-bond acceptors (Lipinski definition) is 3. The first-order valence-corrected chi connectivity index (χ1v) is 5.50. The Morgan fingerprint density at radius 1 is 1.38 bits per heavy atom. The van der Waals surface area contributed by atoms with E-state index in [0.717, 1.165) is 25.9 Å². The third-order valence-electron chi connectivity index (χ3n) is 2.89. The summed E-state index contributed by atoms with van der Waals surface area (Å²) in [6.45, 7) is 1.73. The Morgan fingerprint density at radius 2 is 2.06 bits per heavy atom. The molecule has 0 atom stereocenters. The fourth-order valence-corrected chi connectivity index (χ4v) is 2.07. The number of carbonyl (C=O) groups is 1. The summed E-state index contributed by atoms with van der Waals surface area (Å²) >= 11 is 0. The molecule has 2 rings (SSSR count). The fourth-order valence-electron chi connectivity index (χ4n) is 2.07. The number of rotatable bonds is 3. The molecule has 0 aromatic heterocycles. The van der Waals surface area contributed by atoms with Gasteiger partial charge in [-0.05, 0) is 31.0 Å². The summed E-state index contributed by atoms with van der Waals surface area (Å²) in [5.74, 6) is -0.447. The number of hydrogen-bond donors (Lipinski definition) is 1. The summed E-state index contributed by atoms with van der Waals surface area (Å²) in [6.07, 6.45) is 2.18. The van der Waals surface area contributed by atoms with Crippen LogP contribution in [0.15, 0.2) is 18.2 Å². The van der Waals surface area contributed by atoms with Gasteiger partial charge in [0, 0.05) is 18.7 Å². The lowest BCUT2D eigenvalue weighted by molar-refractivity contribution is 0.100. The molecule has 0 unspecified atom stereocenters. The lowest BCUT2D eigenvalue weighted by Gasteiger charge is -2.20. The maximum absolute atomic E-state index is 13.2. The highest BCUT2D eigenvalue weighted by Gasteiger charge is 2.19. The summed E-state index contributed by atoms with van der Waals surface area (Å²) < 4.78 is 13.2. The van der Waals surface area contributed by atoms with Gasteiger partial charge < -0.3 is 10.6 Å². The van der Waals surface area contributed by atoms with Crippen molar-refractivity contribution in [2.24, 2.45) is 5.73 Å². The molecule has 1 aromatic rings. The number of Topliss-reactive ketones (excluding diaryl/α,β-unsaturated/α-hetero) is 1. The second-order valence-corrected chi connectivity index (χ2v) is 3.98. The molecule has 1 aliphatic rings. The van der Waals surface area contributed by atoms with Crippen LogP contribution in [-0.4, -0.2) is 25.4 Å². The number of nitrogens with two attached hydrogens (primary N) is 1. The molecule has 0 saturated carbocycles. The molecule has 0 amide bonds. The molecule has 16 heavy (non-hydrogen) atoms. The average Bonchev–Trinajstić information content (AvgIpc) is 2.81. The Hall–Kier alpha value is -1.42. The summed E-state index contributed by atoms with van der Waals surface area (Å²) in [6, 6.07) is 4.26. The maximum atomic E-state index is 13.2. The van der Waals surface area contributed by atoms with Crippen LogP contribution in [-0.2, 0) is 0 Å². The van der Waals surface area contributed by atoms with Crippen molar-refractivity contribution in [1.82, 2.24) is 0 Å². The zero-order valence-corrected chi connectivity index (χ0v) is 9.08. The number of benzene rings is 1. The van der Waals surface area contributed by atoms with Crippen LogP contribution >= 0.6 is 0 Å². The second-order valence-electron chi connectivity index (χ2n) is 3.98. The van der Waals surface area contributed by atoms with Crippen molar-refractivity contribution in [3.8, 4) is 0 Å². The third kappa shape index (κ3) is 2.07. The predicted molar refractivity (Wildman–Crippen MR) is 61.2 cm³/mol. The van der Waals surface area contributed by atoms with E-state index in [-0.39, 0.29) is 18.1 Å². The highest BCUT2D eigenvalue weighted by molar-refractivity contribution is 6.02. The van der Waals surface area contributed by atoms with E-state index in [0.29, 0.717) is 11.3 Å². The van der Waals surface area contributed by atoms with Gasteiger partial charge in [-0.3, -0.25) is 4.79 Å². The van der Waals surface area contributed by atoms with Gasteiger partial charge in [0.25, 0.3) is 0 Å². The van der Waals surface area contributed by atoms with E-state index in [2.05, 4.69) is 0 Å². The highest BCUT2D eigenvalue weighted by Crippen LogP contribution is 2.25. The van der Waals surface area contributed by atoms with Gasteiger partial charge >= 0.3 is 0 Å². The molecule has 1 saturated heterocycles. The molecule has 1 heterocycles. The first kappa shape index (κ1) is 11.1. The average molecular weight is 222 g/mol. The van der Waals surface area contributed by atoms with Crippen molar-refractivity contribution in [1.29, 1.82) is 0 Å². The fraction of sp³-hybridized carbons (Fsp3) is 0.417. The number of halogens is 1. The standard InChI is InChI=1S/C12H15FN2O/c13-9-3-4-10(12(16)8-14)11(7-9)15-5-1-2-6-15/h3-4,7H,1-2,5-6,8,14H2. The molecule has 86 valence electrons. The number of nitrogens with zero attached hydrogens (tertiary/aromatic N) is 1. The lowest BCUT2D eigenvalue weighted by Crippen LogP contribution is -2.23. The molecule has 2 N–H and O–H groups in total. The molecule has 0 bridgehead atoms. The van der Waals surface area contributed by atoms with Gasteiger partial charge in [0.05, 0.1) is 12.2 Å². The summed E-state index contributed by atoms with van der Waals surface area (Å²) in [7, 11) is 0. The first-order valence-electron chi connectivity index (χ1n) is 5.50. The van der Waals surface area contributed by atoms with Crippen LogP contribution in [0.25, 0.3) is 0 Å². The lowest BCUT2D eigenvalue weighted by atomic mass is 10.1. The van der Waals surface area contributed by atoms with Crippen LogP contribution < -0.4 is 10.6 Å². The van der Waals surface area contributed by atoms with Crippen LogP contribution in [0.5, 0.6) is 0 Å². The molecule has 1 aromatic carbocycles. The SMILES string of the molecule is NCC(=O)c1ccc(F)cc1N1CCCC1. The Morgan fingerprint density at radius 3 is 2.69 bits per heavy atom. The second kappa shape index (κ2) is 4.61. The zero-order chi connectivity index (χ0) is 11.5. The van der Waals surface area contributed by atoms with Gasteiger partial charge in [0.15, 0.2) is 5.78 Å². The summed E-state index contributed by atoms with van der Waals surface area (Å²) in [5.41, 5.74) is 6.57. The minimum absolute atomic E-state index is 0.0352. The van der Waals surface area contributed by atoms with Crippen LogP contribution in [0.1, 0.15) is 23.2 Å². The smallest absolute Gasteiger partial charge is 0.178 e. The number of ketones is 1. The predicted octanol–water partition coefficient (Wildman–Crippen LogP) is 1.57. The van der Waals surface area contributed by atoms with E-state index in [9.17, 15) is 9.18 Å². The van der Waals surface area contributed by atoms with Crippen molar-refractivity contribution < 1.29 is 9.18 Å². The highest BCUT2D eigenvalue weighted by atomic mass is 19.1. The van der Waals surface area contributed by atoms with E-state index < -0.39 is 0 Å². The van der Waals surface area contributed by atoms with Gasteiger partial charge in [-0.1, -0.05) is 0 Å². The van der Waals surface area contributed by atoms with Crippen LogP contribution in [0.4, 0.5) is 10.1 Å². The van der Waals surface area contributed by atoms with Gasteiger partial charge in [-0.15, -0.1) is 0 Å². The molecule has 3 nitrogen and oxygen atoms in total. The van der Waals surface area contributed by atoms with Crippen molar-refractivity contribution >= 4 is 11.5 Å². The molecule has 0 aliphatic carbocycles. The Labute approximate surface area is 94.0 Å². The molecule has 0 spiro atoms. The number of anilines is 1. The van der Waals surface area contributed by atoms with Crippen molar-refractivity contribution in [3.63, 3.8) is 0 Å². The van der Waals surface area contributed by atoms with Gasteiger partial charge in [-0.2, -0.15) is 0 Å². The molecule has 4 heteroatoms. The zero-order valence-electron chi connectivity index (χ0n) is 9.08. The van der Waals surface area contributed by atoms with Crippen molar-refractivity contribution in [2.75, 3.05) is 24.5 Å². The van der Waals surface area contributed by atoms with E-state index >= 15 is 0 Å². The van der Waals surface area contributed by atoms with Crippen molar-refractivity contribution in [2.45, 2.75) is 12.8 Å². The Balaban J connectivity index is 2.39. The minimum Gasteiger partial charge on any atom is -0.371 e. The summed E-state index contributed by atoms with van der Waals surface area (Å²) in [5, 5.41) is 0. The van der Waals surface area contributed by atoms with Gasteiger partial charge in [0.2, 0.25) is 0 Å². The van der Waals surface area contributed by atoms with Crippen LogP contribution in [0.3, 0.4) is 0 Å². The van der Waals surface area contributed by atoms with Gasteiger partial charge in [0.1, 0.15) is 5.82 Å². The molecule has 1 fully saturated rings. The number of carbonyl (C=O) groups excluding carboxylic acids is 1. The van der Waals surface area contributed by atoms with Crippen LogP contribution in [0, 0.1) is 5.82 Å². The Kier molecular flexibility index (Phi) is 3.19. The topological polar surface area (TPSA) is 46.3 Å². The Bertz CT molecular complexity index is 400. The maximum Gasteiger partial charge on any atom is 0.178 e. The largest absolute Gasteiger partial charge is 0.371 e. The molecular weight excluding hydrogens is 207 g/mol. The van der Waals surface area contributed by atoms with Crippen LogP contribution in [0.2, 0.25) is 0 Å². The van der Waals surface area contributed by atoms with Gasteiger partial charge in [-0.25, -0.2) is 4.39 Å². The van der Waals surface area contributed by atoms with E-state index in [1.54, 1.807) is 0 Å². The van der Waals surface area contributed by atoms with Crippen molar-refractivity contribution in [3.05, 3.63) is 29.6 Å². The third-order valence-corrected chi connectivity index (χ3v) is 2.89.